The summed E-state index contributed by atoms with van der Waals surface area (Å²) in [6.45, 7) is 4.61. The fourth-order valence-electron chi connectivity index (χ4n) is 2.83. The monoisotopic (exact) mass is 377 g/mol. The lowest BCUT2D eigenvalue weighted by atomic mass is 10.2. The summed E-state index contributed by atoms with van der Waals surface area (Å²) >= 11 is 1.74. The van der Waals surface area contributed by atoms with Crippen molar-refractivity contribution in [2.24, 2.45) is 0 Å². The number of aryl methyl sites for hydroxylation is 1. The van der Waals surface area contributed by atoms with Crippen LogP contribution in [0.1, 0.15) is 12.3 Å². The normalized spacial score (nSPS) is 11.1. The SMILES string of the molecule is C=CCn1c(SCCCc2nc(-c3ccncc3)no2)nc2ccccc21. The molecule has 4 rings (SSSR count). The van der Waals surface area contributed by atoms with Gasteiger partial charge in [0.2, 0.25) is 11.7 Å². The minimum absolute atomic E-state index is 0.604. The first-order valence-corrected chi connectivity index (χ1v) is 9.75. The van der Waals surface area contributed by atoms with Crippen LogP contribution in [-0.4, -0.2) is 30.4 Å². The number of thioether (sulfide) groups is 1. The van der Waals surface area contributed by atoms with E-state index in [9.17, 15) is 0 Å². The molecule has 136 valence electrons. The number of benzene rings is 1. The molecule has 0 saturated carbocycles. The third-order valence-electron chi connectivity index (χ3n) is 4.10. The predicted octanol–water partition coefficient (Wildman–Crippen LogP) is 4.39. The number of imidazole rings is 1. The summed E-state index contributed by atoms with van der Waals surface area (Å²) in [6, 6.07) is 11.9. The number of nitrogens with zero attached hydrogens (tertiary/aromatic N) is 5. The van der Waals surface area contributed by atoms with Gasteiger partial charge in [0.05, 0.1) is 11.0 Å². The van der Waals surface area contributed by atoms with E-state index in [0.717, 1.165) is 46.9 Å². The maximum Gasteiger partial charge on any atom is 0.226 e. The van der Waals surface area contributed by atoms with Gasteiger partial charge in [-0.25, -0.2) is 4.98 Å². The second kappa shape index (κ2) is 8.18. The lowest BCUT2D eigenvalue weighted by Gasteiger charge is -2.05. The molecule has 27 heavy (non-hydrogen) atoms. The third-order valence-corrected chi connectivity index (χ3v) is 5.17. The van der Waals surface area contributed by atoms with Crippen LogP contribution in [0.15, 0.2) is 71.1 Å². The highest BCUT2D eigenvalue weighted by Crippen LogP contribution is 2.25. The van der Waals surface area contributed by atoms with Crippen LogP contribution in [-0.2, 0) is 13.0 Å². The molecule has 7 heteroatoms. The first-order valence-electron chi connectivity index (χ1n) is 8.77. The van der Waals surface area contributed by atoms with E-state index in [1.54, 1.807) is 24.2 Å². The Bertz CT molecular complexity index is 1040. The first-order chi connectivity index (χ1) is 13.3. The van der Waals surface area contributed by atoms with Gasteiger partial charge in [-0.2, -0.15) is 4.98 Å². The second-order valence-electron chi connectivity index (χ2n) is 5.98. The van der Waals surface area contributed by atoms with Gasteiger partial charge < -0.3 is 9.09 Å². The summed E-state index contributed by atoms with van der Waals surface area (Å²) in [6.07, 6.45) is 7.01. The Balaban J connectivity index is 1.37. The number of fused-ring (bicyclic) bond motifs is 1. The summed E-state index contributed by atoms with van der Waals surface area (Å²) in [7, 11) is 0. The van der Waals surface area contributed by atoms with Crippen molar-refractivity contribution in [1.82, 2.24) is 24.7 Å². The molecular weight excluding hydrogens is 358 g/mol. The molecule has 0 aliphatic heterocycles. The number of aromatic nitrogens is 5. The van der Waals surface area contributed by atoms with Gasteiger partial charge in [0.15, 0.2) is 5.16 Å². The zero-order chi connectivity index (χ0) is 18.5. The van der Waals surface area contributed by atoms with Crippen molar-refractivity contribution in [1.29, 1.82) is 0 Å². The molecule has 1 aromatic carbocycles. The standard InChI is InChI=1S/C20H19N5OS/c1-2-13-25-17-7-4-3-6-16(17)22-20(25)27-14-5-8-18-23-19(24-26-18)15-9-11-21-12-10-15/h2-4,6-7,9-12H,1,5,8,13-14H2. The van der Waals surface area contributed by atoms with E-state index in [1.165, 1.54) is 0 Å². The summed E-state index contributed by atoms with van der Waals surface area (Å²) < 4.78 is 7.55. The maximum absolute atomic E-state index is 5.36. The maximum atomic E-state index is 5.36. The van der Waals surface area contributed by atoms with Crippen LogP contribution >= 0.6 is 11.8 Å². The summed E-state index contributed by atoms with van der Waals surface area (Å²) in [5.41, 5.74) is 3.06. The average Bonchev–Trinajstić information content (AvgIpc) is 3.32. The summed E-state index contributed by atoms with van der Waals surface area (Å²) in [5, 5.41) is 5.06. The highest BCUT2D eigenvalue weighted by Gasteiger charge is 2.11. The van der Waals surface area contributed by atoms with Crippen LogP contribution < -0.4 is 0 Å². The quantitative estimate of drug-likeness (QED) is 0.258. The average molecular weight is 377 g/mol. The van der Waals surface area contributed by atoms with E-state index in [4.69, 9.17) is 9.51 Å². The minimum atomic E-state index is 0.604. The van der Waals surface area contributed by atoms with E-state index in [-0.39, 0.29) is 0 Å². The minimum Gasteiger partial charge on any atom is -0.339 e. The van der Waals surface area contributed by atoms with Crippen molar-refractivity contribution >= 4 is 22.8 Å². The highest BCUT2D eigenvalue weighted by molar-refractivity contribution is 7.99. The molecule has 3 heterocycles. The van der Waals surface area contributed by atoms with Crippen molar-refractivity contribution in [3.05, 3.63) is 67.3 Å². The lowest BCUT2D eigenvalue weighted by Crippen LogP contribution is -1.98. The topological polar surface area (TPSA) is 69.6 Å². The molecule has 0 amide bonds. The third kappa shape index (κ3) is 3.93. The van der Waals surface area contributed by atoms with Gasteiger partial charge in [-0.1, -0.05) is 35.1 Å². The molecule has 3 aromatic heterocycles. The van der Waals surface area contributed by atoms with E-state index in [1.807, 2.05) is 36.4 Å². The van der Waals surface area contributed by atoms with E-state index in [2.05, 4.69) is 32.3 Å². The Hall–Kier alpha value is -2.93. The Morgan fingerprint density at radius 3 is 2.81 bits per heavy atom. The highest BCUT2D eigenvalue weighted by atomic mass is 32.2. The van der Waals surface area contributed by atoms with Gasteiger partial charge in [-0.05, 0) is 30.7 Å². The Morgan fingerprint density at radius 2 is 1.96 bits per heavy atom. The molecule has 0 radical (unpaired) electrons. The molecule has 6 nitrogen and oxygen atoms in total. The Labute approximate surface area is 161 Å². The van der Waals surface area contributed by atoms with Gasteiger partial charge in [-0.15, -0.1) is 6.58 Å². The molecular formula is C20H19N5OS. The van der Waals surface area contributed by atoms with Crippen molar-refractivity contribution < 1.29 is 4.52 Å². The fourth-order valence-corrected chi connectivity index (χ4v) is 3.79. The summed E-state index contributed by atoms with van der Waals surface area (Å²) in [4.78, 5) is 13.2. The zero-order valence-corrected chi connectivity index (χ0v) is 15.6. The van der Waals surface area contributed by atoms with Crippen molar-refractivity contribution in [2.45, 2.75) is 24.5 Å². The molecule has 0 bridgehead atoms. The van der Waals surface area contributed by atoms with E-state index < -0.39 is 0 Å². The smallest absolute Gasteiger partial charge is 0.226 e. The zero-order valence-electron chi connectivity index (χ0n) is 14.8. The predicted molar refractivity (Wildman–Crippen MR) is 107 cm³/mol. The number of para-hydroxylation sites is 2. The van der Waals surface area contributed by atoms with Crippen molar-refractivity contribution in [3.8, 4) is 11.4 Å². The first kappa shape index (κ1) is 17.5. The van der Waals surface area contributed by atoms with Gasteiger partial charge >= 0.3 is 0 Å². The Morgan fingerprint density at radius 1 is 1.11 bits per heavy atom. The molecule has 0 fully saturated rings. The second-order valence-corrected chi connectivity index (χ2v) is 7.04. The van der Waals surface area contributed by atoms with Gasteiger partial charge in [0.25, 0.3) is 0 Å². The number of pyridine rings is 1. The van der Waals surface area contributed by atoms with Crippen molar-refractivity contribution in [2.75, 3.05) is 5.75 Å². The van der Waals surface area contributed by atoms with Crippen LogP contribution in [0, 0.1) is 0 Å². The van der Waals surface area contributed by atoms with Gasteiger partial charge in [-0.3, -0.25) is 4.98 Å². The van der Waals surface area contributed by atoms with Crippen LogP contribution in [0.3, 0.4) is 0 Å². The fraction of sp³-hybridized carbons (Fsp3) is 0.200. The van der Waals surface area contributed by atoms with Gasteiger partial charge in [0.1, 0.15) is 0 Å². The van der Waals surface area contributed by atoms with Crippen LogP contribution in [0.25, 0.3) is 22.4 Å². The van der Waals surface area contributed by atoms with E-state index in [0.29, 0.717) is 11.7 Å². The molecule has 0 unspecified atom stereocenters. The lowest BCUT2D eigenvalue weighted by molar-refractivity contribution is 0.378. The molecule has 0 saturated heterocycles. The van der Waals surface area contributed by atoms with E-state index >= 15 is 0 Å². The number of hydrogen-bond donors (Lipinski definition) is 0. The number of allylic oxidation sites excluding steroid dienone is 1. The Kier molecular flexibility index (Phi) is 5.29. The van der Waals surface area contributed by atoms with Crippen LogP contribution in [0.2, 0.25) is 0 Å². The van der Waals surface area contributed by atoms with Crippen LogP contribution in [0.5, 0.6) is 0 Å². The van der Waals surface area contributed by atoms with Gasteiger partial charge in [0, 0.05) is 36.7 Å². The largest absolute Gasteiger partial charge is 0.339 e. The summed E-state index contributed by atoms with van der Waals surface area (Å²) in [5.74, 6) is 2.18. The molecule has 0 N–H and O–H groups in total. The number of rotatable bonds is 8. The van der Waals surface area contributed by atoms with Crippen LogP contribution in [0.4, 0.5) is 0 Å². The molecule has 0 aliphatic rings. The molecule has 0 aliphatic carbocycles. The molecule has 4 aromatic rings. The van der Waals surface area contributed by atoms with Crippen molar-refractivity contribution in [3.63, 3.8) is 0 Å². The number of hydrogen-bond acceptors (Lipinski definition) is 6. The molecule has 0 spiro atoms. The molecule has 0 atom stereocenters.